The summed E-state index contributed by atoms with van der Waals surface area (Å²) in [6.45, 7) is 1.66. The Balaban J connectivity index is 3.10. The third-order valence-corrected chi connectivity index (χ3v) is 1.92. The summed E-state index contributed by atoms with van der Waals surface area (Å²) in [7, 11) is -3.58. The molecule has 0 spiro atoms. The molecule has 0 saturated carbocycles. The Morgan fingerprint density at radius 1 is 1.38 bits per heavy atom. The highest BCUT2D eigenvalue weighted by Gasteiger charge is 2.09. The molecule has 0 amide bonds. The average molecular weight is 202 g/mol. The number of rotatable bonds is 2. The summed E-state index contributed by atoms with van der Waals surface area (Å²) in [5, 5.41) is 9.37. The van der Waals surface area contributed by atoms with Crippen LogP contribution in [0.25, 0.3) is 0 Å². The number of benzene rings is 1. The Bertz CT molecular complexity index is 408. The smallest absolute Gasteiger partial charge is 0.306 e. The summed E-state index contributed by atoms with van der Waals surface area (Å²) < 4.78 is 26.0. The number of para-hydroxylation sites is 1. The minimum absolute atomic E-state index is 0.0394. The van der Waals surface area contributed by atoms with Gasteiger partial charge in [0.05, 0.1) is 6.26 Å². The SMILES string of the molecule is Cc1cccc(OS(C)(=O)=O)c1O. The molecule has 1 N–H and O–H groups in total. The van der Waals surface area contributed by atoms with Crippen LogP contribution in [0.5, 0.6) is 11.5 Å². The van der Waals surface area contributed by atoms with Crippen molar-refractivity contribution < 1.29 is 17.7 Å². The first-order valence-corrected chi connectivity index (χ1v) is 5.40. The van der Waals surface area contributed by atoms with Gasteiger partial charge in [-0.2, -0.15) is 8.42 Å². The Kier molecular flexibility index (Phi) is 2.47. The molecule has 4 nitrogen and oxygen atoms in total. The van der Waals surface area contributed by atoms with Crippen LogP contribution in [-0.2, 0) is 10.1 Å². The van der Waals surface area contributed by atoms with E-state index < -0.39 is 10.1 Å². The van der Waals surface area contributed by atoms with E-state index in [1.54, 1.807) is 19.1 Å². The lowest BCUT2D eigenvalue weighted by Crippen LogP contribution is -2.05. The molecule has 1 aromatic carbocycles. The van der Waals surface area contributed by atoms with Crippen LogP contribution < -0.4 is 4.18 Å². The summed E-state index contributed by atoms with van der Waals surface area (Å²) in [5.41, 5.74) is 0.571. The summed E-state index contributed by atoms with van der Waals surface area (Å²) >= 11 is 0. The molecule has 72 valence electrons. The van der Waals surface area contributed by atoms with Crippen LogP contribution >= 0.6 is 0 Å². The first kappa shape index (κ1) is 9.85. The lowest BCUT2D eigenvalue weighted by atomic mass is 10.2. The first-order chi connectivity index (χ1) is 5.90. The molecule has 0 saturated heterocycles. The van der Waals surface area contributed by atoms with Gasteiger partial charge >= 0.3 is 10.1 Å². The van der Waals surface area contributed by atoms with Crippen molar-refractivity contribution in [2.45, 2.75) is 6.92 Å². The largest absolute Gasteiger partial charge is 0.504 e. The number of hydrogen-bond acceptors (Lipinski definition) is 4. The van der Waals surface area contributed by atoms with Crippen LogP contribution in [0.1, 0.15) is 5.56 Å². The second-order valence-electron chi connectivity index (χ2n) is 2.71. The van der Waals surface area contributed by atoms with Gasteiger partial charge in [-0.25, -0.2) is 0 Å². The second-order valence-corrected chi connectivity index (χ2v) is 4.28. The number of phenolic OH excluding ortho intramolecular Hbond substituents is 1. The van der Waals surface area contributed by atoms with Crippen LogP contribution in [0.3, 0.4) is 0 Å². The third-order valence-electron chi connectivity index (χ3n) is 1.44. The molecule has 0 aliphatic rings. The normalized spacial score (nSPS) is 11.2. The molecule has 0 aliphatic heterocycles. The van der Waals surface area contributed by atoms with Crippen molar-refractivity contribution in [2.24, 2.45) is 0 Å². The van der Waals surface area contributed by atoms with Gasteiger partial charge in [0.1, 0.15) is 0 Å². The third kappa shape index (κ3) is 2.62. The van der Waals surface area contributed by atoms with Crippen molar-refractivity contribution in [2.75, 3.05) is 6.26 Å². The molecule has 5 heteroatoms. The van der Waals surface area contributed by atoms with Crippen molar-refractivity contribution in [3.8, 4) is 11.5 Å². The summed E-state index contributed by atoms with van der Waals surface area (Å²) in [6.07, 6.45) is 0.925. The molecule has 0 heterocycles. The Hall–Kier alpha value is -1.23. The standard InChI is InChI=1S/C8H10O4S/c1-6-4-3-5-7(8(6)9)12-13(2,10)11/h3-5,9H,1-2H3. The van der Waals surface area contributed by atoms with Gasteiger partial charge in [0.2, 0.25) is 0 Å². The van der Waals surface area contributed by atoms with E-state index in [0.717, 1.165) is 6.26 Å². The van der Waals surface area contributed by atoms with Crippen LogP contribution in [0.15, 0.2) is 18.2 Å². The molecular formula is C8H10O4S. The predicted molar refractivity (Wildman–Crippen MR) is 48.3 cm³/mol. The second kappa shape index (κ2) is 3.26. The Morgan fingerprint density at radius 2 is 2.00 bits per heavy atom. The number of phenols is 1. The fourth-order valence-electron chi connectivity index (χ4n) is 0.862. The van der Waals surface area contributed by atoms with E-state index >= 15 is 0 Å². The minimum atomic E-state index is -3.58. The fraction of sp³-hybridized carbons (Fsp3) is 0.250. The van der Waals surface area contributed by atoms with E-state index in [1.165, 1.54) is 6.07 Å². The van der Waals surface area contributed by atoms with E-state index in [0.29, 0.717) is 5.56 Å². The van der Waals surface area contributed by atoms with Gasteiger partial charge in [-0.3, -0.25) is 0 Å². The Morgan fingerprint density at radius 3 is 2.54 bits per heavy atom. The first-order valence-electron chi connectivity index (χ1n) is 3.58. The summed E-state index contributed by atoms with van der Waals surface area (Å²) in [6, 6.07) is 4.66. The molecule has 0 atom stereocenters. The van der Waals surface area contributed by atoms with Crippen LogP contribution in [0.4, 0.5) is 0 Å². The predicted octanol–water partition coefficient (Wildman–Crippen LogP) is 1.04. The van der Waals surface area contributed by atoms with Gasteiger partial charge in [-0.1, -0.05) is 12.1 Å². The molecule has 1 rings (SSSR count). The molecule has 0 aliphatic carbocycles. The van der Waals surface area contributed by atoms with Gasteiger partial charge in [-0.15, -0.1) is 0 Å². The van der Waals surface area contributed by atoms with Gasteiger partial charge in [0.15, 0.2) is 11.5 Å². The maximum Gasteiger partial charge on any atom is 0.306 e. The number of aromatic hydroxyl groups is 1. The quantitative estimate of drug-likeness (QED) is 0.728. The lowest BCUT2D eigenvalue weighted by Gasteiger charge is -2.06. The zero-order valence-electron chi connectivity index (χ0n) is 7.31. The van der Waals surface area contributed by atoms with Crippen LogP contribution in [0.2, 0.25) is 0 Å². The van der Waals surface area contributed by atoms with Crippen molar-refractivity contribution in [1.29, 1.82) is 0 Å². The summed E-state index contributed by atoms with van der Waals surface area (Å²) in [4.78, 5) is 0. The summed E-state index contributed by atoms with van der Waals surface area (Å²) in [5.74, 6) is -0.185. The maximum absolute atomic E-state index is 10.7. The molecule has 1 aromatic rings. The highest BCUT2D eigenvalue weighted by atomic mass is 32.2. The minimum Gasteiger partial charge on any atom is -0.504 e. The van der Waals surface area contributed by atoms with Crippen molar-refractivity contribution in [3.05, 3.63) is 23.8 Å². The zero-order chi connectivity index (χ0) is 10.1. The van der Waals surface area contributed by atoms with Gasteiger partial charge in [-0.05, 0) is 18.6 Å². The molecule has 0 radical (unpaired) electrons. The van der Waals surface area contributed by atoms with Gasteiger partial charge in [0, 0.05) is 0 Å². The van der Waals surface area contributed by atoms with E-state index in [-0.39, 0.29) is 11.5 Å². The molecular weight excluding hydrogens is 192 g/mol. The van der Waals surface area contributed by atoms with Crippen LogP contribution in [-0.4, -0.2) is 19.8 Å². The van der Waals surface area contributed by atoms with Gasteiger partial charge < -0.3 is 9.29 Å². The highest BCUT2D eigenvalue weighted by Crippen LogP contribution is 2.29. The highest BCUT2D eigenvalue weighted by molar-refractivity contribution is 7.86. The fourth-order valence-corrected chi connectivity index (χ4v) is 1.32. The maximum atomic E-state index is 10.7. The molecule has 13 heavy (non-hydrogen) atoms. The molecule has 0 fully saturated rings. The van der Waals surface area contributed by atoms with Crippen molar-refractivity contribution >= 4 is 10.1 Å². The molecule has 0 aromatic heterocycles. The molecule has 0 unspecified atom stereocenters. The van der Waals surface area contributed by atoms with E-state index in [9.17, 15) is 13.5 Å². The van der Waals surface area contributed by atoms with Crippen molar-refractivity contribution in [3.63, 3.8) is 0 Å². The van der Waals surface area contributed by atoms with Crippen LogP contribution in [0, 0.1) is 6.92 Å². The number of aryl methyl sites for hydroxylation is 1. The van der Waals surface area contributed by atoms with E-state index in [1.807, 2.05) is 0 Å². The Labute approximate surface area is 76.9 Å². The topological polar surface area (TPSA) is 63.6 Å². The zero-order valence-corrected chi connectivity index (χ0v) is 8.13. The molecule has 0 bridgehead atoms. The van der Waals surface area contributed by atoms with E-state index in [4.69, 9.17) is 0 Å². The lowest BCUT2D eigenvalue weighted by molar-refractivity contribution is 0.427. The van der Waals surface area contributed by atoms with E-state index in [2.05, 4.69) is 4.18 Å². The number of hydrogen-bond donors (Lipinski definition) is 1. The average Bonchev–Trinajstić information content (AvgIpc) is 1.96. The van der Waals surface area contributed by atoms with Gasteiger partial charge in [0.25, 0.3) is 0 Å². The monoisotopic (exact) mass is 202 g/mol. The van der Waals surface area contributed by atoms with Crippen molar-refractivity contribution in [1.82, 2.24) is 0 Å².